The minimum absolute atomic E-state index is 0.0848. The molecule has 0 atom stereocenters. The van der Waals surface area contributed by atoms with E-state index in [1.807, 2.05) is 20.9 Å². The monoisotopic (exact) mass is 362 g/mol. The fourth-order valence-electron chi connectivity index (χ4n) is 2.94. The molecule has 0 aromatic heterocycles. The number of ether oxygens (including phenoxy) is 1. The van der Waals surface area contributed by atoms with Crippen molar-refractivity contribution in [3.63, 3.8) is 0 Å². The minimum Gasteiger partial charge on any atom is -0.381 e. The molecule has 0 spiro atoms. The molecular weight excluding hydrogens is 328 g/mol. The number of hydrogen-bond donors (Lipinski definition) is 1. The van der Waals surface area contributed by atoms with Crippen LogP contribution in [0.4, 0.5) is 0 Å². The fraction of sp³-hybridized carbons (Fsp3) is 0.938. The SMILES string of the molecule is CCN(CC)S(=O)(=O)CCNC(=NC)N(C)CCC1CCOCC1. The maximum absolute atomic E-state index is 12.2. The number of sulfonamides is 1. The summed E-state index contributed by atoms with van der Waals surface area (Å²) in [5.41, 5.74) is 0. The van der Waals surface area contributed by atoms with Crippen molar-refractivity contribution in [1.29, 1.82) is 0 Å². The topological polar surface area (TPSA) is 74.2 Å². The van der Waals surface area contributed by atoms with E-state index in [-0.39, 0.29) is 5.75 Å². The summed E-state index contributed by atoms with van der Waals surface area (Å²) in [6, 6.07) is 0. The van der Waals surface area contributed by atoms with Gasteiger partial charge in [-0.2, -0.15) is 0 Å². The molecular formula is C16H34N4O3S. The summed E-state index contributed by atoms with van der Waals surface area (Å²) in [6.07, 6.45) is 3.36. The Morgan fingerprint density at radius 1 is 1.25 bits per heavy atom. The number of hydrogen-bond acceptors (Lipinski definition) is 4. The van der Waals surface area contributed by atoms with Crippen molar-refractivity contribution < 1.29 is 13.2 Å². The van der Waals surface area contributed by atoms with Crippen LogP contribution in [0.15, 0.2) is 4.99 Å². The number of nitrogens with zero attached hydrogens (tertiary/aromatic N) is 3. The van der Waals surface area contributed by atoms with E-state index < -0.39 is 10.0 Å². The van der Waals surface area contributed by atoms with Gasteiger partial charge in [-0.25, -0.2) is 12.7 Å². The molecule has 0 bridgehead atoms. The van der Waals surface area contributed by atoms with E-state index in [0.29, 0.717) is 25.6 Å². The summed E-state index contributed by atoms with van der Waals surface area (Å²) < 4.78 is 31.3. The Morgan fingerprint density at radius 2 is 1.88 bits per heavy atom. The van der Waals surface area contributed by atoms with E-state index in [1.165, 1.54) is 4.31 Å². The van der Waals surface area contributed by atoms with Crippen LogP contribution in [0, 0.1) is 5.92 Å². The van der Waals surface area contributed by atoms with E-state index in [9.17, 15) is 8.42 Å². The average molecular weight is 363 g/mol. The number of aliphatic imine (C=N–C) groups is 1. The van der Waals surface area contributed by atoms with Crippen molar-refractivity contribution in [3.05, 3.63) is 0 Å². The Labute approximate surface area is 147 Å². The summed E-state index contributed by atoms with van der Waals surface area (Å²) in [6.45, 7) is 7.75. The summed E-state index contributed by atoms with van der Waals surface area (Å²) in [7, 11) is 0.524. The second-order valence-corrected chi connectivity index (χ2v) is 8.23. The predicted octanol–water partition coefficient (Wildman–Crippen LogP) is 0.982. The Hall–Kier alpha value is -0.860. The van der Waals surface area contributed by atoms with Crippen LogP contribution in [0.1, 0.15) is 33.1 Å². The first-order valence-corrected chi connectivity index (χ1v) is 10.5. The van der Waals surface area contributed by atoms with Crippen LogP contribution in [0.25, 0.3) is 0 Å². The highest BCUT2D eigenvalue weighted by Crippen LogP contribution is 2.18. The van der Waals surface area contributed by atoms with Crippen LogP contribution >= 0.6 is 0 Å². The van der Waals surface area contributed by atoms with Crippen LogP contribution in [-0.4, -0.2) is 82.8 Å². The van der Waals surface area contributed by atoms with Crippen molar-refractivity contribution in [2.45, 2.75) is 33.1 Å². The second kappa shape index (κ2) is 10.9. The van der Waals surface area contributed by atoms with Gasteiger partial charge in [0.2, 0.25) is 10.0 Å². The van der Waals surface area contributed by atoms with Crippen molar-refractivity contribution >= 4 is 16.0 Å². The van der Waals surface area contributed by atoms with Crippen LogP contribution in [0.3, 0.4) is 0 Å². The molecule has 1 heterocycles. The average Bonchev–Trinajstić information content (AvgIpc) is 2.58. The highest BCUT2D eigenvalue weighted by atomic mass is 32.2. The smallest absolute Gasteiger partial charge is 0.215 e. The van der Waals surface area contributed by atoms with Gasteiger partial charge in [0.15, 0.2) is 5.96 Å². The molecule has 0 radical (unpaired) electrons. The van der Waals surface area contributed by atoms with Gasteiger partial charge in [0.05, 0.1) is 5.75 Å². The van der Waals surface area contributed by atoms with Gasteiger partial charge >= 0.3 is 0 Å². The zero-order valence-electron chi connectivity index (χ0n) is 15.6. The number of nitrogens with one attached hydrogen (secondary N) is 1. The quantitative estimate of drug-likeness (QED) is 0.489. The van der Waals surface area contributed by atoms with Crippen LogP contribution in [-0.2, 0) is 14.8 Å². The van der Waals surface area contributed by atoms with E-state index in [4.69, 9.17) is 4.74 Å². The molecule has 24 heavy (non-hydrogen) atoms. The molecule has 7 nitrogen and oxygen atoms in total. The molecule has 1 fully saturated rings. The normalized spacial score (nSPS) is 17.3. The largest absolute Gasteiger partial charge is 0.381 e. The molecule has 0 aromatic rings. The van der Waals surface area contributed by atoms with Gasteiger partial charge < -0.3 is 15.0 Å². The first kappa shape index (κ1) is 21.2. The van der Waals surface area contributed by atoms with Gasteiger partial charge in [-0.1, -0.05) is 13.8 Å². The van der Waals surface area contributed by atoms with E-state index in [0.717, 1.165) is 45.0 Å². The maximum atomic E-state index is 12.2. The molecule has 1 aliphatic heterocycles. The maximum Gasteiger partial charge on any atom is 0.215 e. The molecule has 1 aliphatic rings. The fourth-order valence-corrected chi connectivity index (χ4v) is 4.34. The molecule has 0 amide bonds. The standard InChI is InChI=1S/C16H34N4O3S/c1-5-20(6-2)24(21,22)14-10-18-16(17-3)19(4)11-7-15-8-12-23-13-9-15/h15H,5-14H2,1-4H3,(H,17,18). The van der Waals surface area contributed by atoms with E-state index >= 15 is 0 Å². The van der Waals surface area contributed by atoms with Gasteiger partial charge in [-0.3, -0.25) is 4.99 Å². The third-order valence-corrected chi connectivity index (χ3v) is 6.55. The lowest BCUT2D eigenvalue weighted by molar-refractivity contribution is 0.0625. The summed E-state index contributed by atoms with van der Waals surface area (Å²) in [4.78, 5) is 6.32. The Bertz CT molecular complexity index is 472. The molecule has 1 N–H and O–H groups in total. The molecule has 0 unspecified atom stereocenters. The van der Waals surface area contributed by atoms with Gasteiger partial charge in [0.25, 0.3) is 0 Å². The van der Waals surface area contributed by atoms with Crippen molar-refractivity contribution in [2.24, 2.45) is 10.9 Å². The summed E-state index contributed by atoms with van der Waals surface area (Å²) >= 11 is 0. The van der Waals surface area contributed by atoms with Crippen molar-refractivity contribution in [2.75, 3.05) is 59.2 Å². The van der Waals surface area contributed by atoms with E-state index in [2.05, 4.69) is 15.2 Å². The van der Waals surface area contributed by atoms with Gasteiger partial charge in [-0.05, 0) is 25.2 Å². The van der Waals surface area contributed by atoms with Crippen molar-refractivity contribution in [3.8, 4) is 0 Å². The lowest BCUT2D eigenvalue weighted by Crippen LogP contribution is -2.43. The lowest BCUT2D eigenvalue weighted by atomic mass is 9.96. The van der Waals surface area contributed by atoms with Crippen molar-refractivity contribution in [1.82, 2.24) is 14.5 Å². The zero-order valence-corrected chi connectivity index (χ0v) is 16.4. The number of rotatable bonds is 9. The molecule has 142 valence electrons. The van der Waals surface area contributed by atoms with Gasteiger partial charge in [0, 0.05) is 53.5 Å². The zero-order chi connectivity index (χ0) is 18.0. The van der Waals surface area contributed by atoms with Crippen LogP contribution in [0.5, 0.6) is 0 Å². The van der Waals surface area contributed by atoms with E-state index in [1.54, 1.807) is 7.05 Å². The second-order valence-electron chi connectivity index (χ2n) is 6.14. The third-order valence-electron chi connectivity index (χ3n) is 4.53. The minimum atomic E-state index is -3.20. The molecule has 8 heteroatoms. The third kappa shape index (κ3) is 6.94. The highest BCUT2D eigenvalue weighted by Gasteiger charge is 2.19. The first-order chi connectivity index (χ1) is 11.4. The summed E-state index contributed by atoms with van der Waals surface area (Å²) in [5.74, 6) is 1.54. The lowest BCUT2D eigenvalue weighted by Gasteiger charge is -2.27. The van der Waals surface area contributed by atoms with Crippen LogP contribution in [0.2, 0.25) is 0 Å². The molecule has 0 aliphatic carbocycles. The first-order valence-electron chi connectivity index (χ1n) is 8.91. The highest BCUT2D eigenvalue weighted by molar-refractivity contribution is 7.89. The Balaban J connectivity index is 2.38. The molecule has 0 saturated carbocycles. The Morgan fingerprint density at radius 3 is 2.42 bits per heavy atom. The van der Waals surface area contributed by atoms with Gasteiger partial charge in [0.1, 0.15) is 0 Å². The molecule has 0 aromatic carbocycles. The molecule has 1 rings (SSSR count). The van der Waals surface area contributed by atoms with Gasteiger partial charge in [-0.15, -0.1) is 0 Å². The number of guanidine groups is 1. The van der Waals surface area contributed by atoms with Crippen LogP contribution < -0.4 is 5.32 Å². The Kier molecular flexibility index (Phi) is 9.61. The predicted molar refractivity (Wildman–Crippen MR) is 98.9 cm³/mol. The molecule has 1 saturated heterocycles. The summed E-state index contributed by atoms with van der Waals surface area (Å²) in [5, 5.41) is 3.16.